The molecule has 6 heteroatoms. The number of benzene rings is 1. The molecule has 3 rings (SSSR count). The molecule has 5 nitrogen and oxygen atoms in total. The Morgan fingerprint density at radius 1 is 1.36 bits per heavy atom. The number of anilines is 1. The summed E-state index contributed by atoms with van der Waals surface area (Å²) in [7, 11) is 0. The van der Waals surface area contributed by atoms with E-state index in [1.807, 2.05) is 36.5 Å². The third-order valence-corrected chi connectivity index (χ3v) is 3.86. The first-order chi connectivity index (χ1) is 10.3. The third-order valence-electron chi connectivity index (χ3n) is 3.86. The molecule has 1 unspecified atom stereocenters. The number of aromatic nitrogens is 2. The molecule has 1 atom stereocenters. The van der Waals surface area contributed by atoms with Crippen molar-refractivity contribution in [3.63, 3.8) is 0 Å². The van der Waals surface area contributed by atoms with Gasteiger partial charge < -0.3 is 10.6 Å². The van der Waals surface area contributed by atoms with Crippen LogP contribution in [-0.4, -0.2) is 28.8 Å². The third kappa shape index (κ3) is 4.32. The highest BCUT2D eigenvalue weighted by atomic mass is 35.5. The monoisotopic (exact) mass is 320 g/mol. The Morgan fingerprint density at radius 2 is 2.18 bits per heavy atom. The molecule has 1 aliphatic heterocycles. The van der Waals surface area contributed by atoms with Crippen LogP contribution in [0.2, 0.25) is 0 Å². The summed E-state index contributed by atoms with van der Waals surface area (Å²) in [5, 5.41) is 10.4. The number of carbonyl (C=O) groups excluding carboxylic acids is 1. The van der Waals surface area contributed by atoms with Gasteiger partial charge in [-0.2, -0.15) is 5.10 Å². The number of rotatable bonds is 5. The zero-order valence-corrected chi connectivity index (χ0v) is 13.2. The lowest BCUT2D eigenvalue weighted by Crippen LogP contribution is -2.15. The molecule has 22 heavy (non-hydrogen) atoms. The molecule has 2 N–H and O–H groups in total. The summed E-state index contributed by atoms with van der Waals surface area (Å²) >= 11 is 0. The van der Waals surface area contributed by atoms with Crippen LogP contribution in [0.3, 0.4) is 0 Å². The Balaban J connectivity index is 0.00000176. The smallest absolute Gasteiger partial charge is 0.224 e. The maximum atomic E-state index is 11.9. The summed E-state index contributed by atoms with van der Waals surface area (Å²) in [5.74, 6) is 0.742. The lowest BCUT2D eigenvalue weighted by Gasteiger charge is -2.09. The van der Waals surface area contributed by atoms with Crippen molar-refractivity contribution >= 4 is 24.0 Å². The van der Waals surface area contributed by atoms with E-state index in [4.69, 9.17) is 0 Å². The SMILES string of the molecule is Cl.O=C(CCC1CCNC1)Nc1ccc(-n2cccn2)cc1. The average Bonchev–Trinajstić information content (AvgIpc) is 3.19. The molecular formula is C16H21ClN4O. The van der Waals surface area contributed by atoms with Crippen molar-refractivity contribution in [2.75, 3.05) is 18.4 Å². The number of nitrogens with one attached hydrogen (secondary N) is 2. The Morgan fingerprint density at radius 3 is 2.82 bits per heavy atom. The summed E-state index contributed by atoms with van der Waals surface area (Å²) in [4.78, 5) is 11.9. The Hall–Kier alpha value is -1.85. The predicted octanol–water partition coefficient (Wildman–Crippen LogP) is 2.62. The van der Waals surface area contributed by atoms with Crippen molar-refractivity contribution in [1.82, 2.24) is 15.1 Å². The molecule has 1 fully saturated rings. The number of nitrogens with zero attached hydrogens (tertiary/aromatic N) is 2. The zero-order chi connectivity index (χ0) is 14.5. The first-order valence-corrected chi connectivity index (χ1v) is 7.42. The number of hydrogen-bond acceptors (Lipinski definition) is 3. The van der Waals surface area contributed by atoms with Gasteiger partial charge in [0.15, 0.2) is 0 Å². The van der Waals surface area contributed by atoms with Crippen LogP contribution in [0.25, 0.3) is 5.69 Å². The van der Waals surface area contributed by atoms with E-state index >= 15 is 0 Å². The molecule has 0 radical (unpaired) electrons. The molecule has 1 amide bonds. The van der Waals surface area contributed by atoms with E-state index in [9.17, 15) is 4.79 Å². The van der Waals surface area contributed by atoms with Crippen LogP contribution in [0.5, 0.6) is 0 Å². The molecule has 1 aromatic carbocycles. The number of carbonyl (C=O) groups is 1. The maximum absolute atomic E-state index is 11.9. The van der Waals surface area contributed by atoms with Crippen LogP contribution in [0.15, 0.2) is 42.7 Å². The van der Waals surface area contributed by atoms with Crippen molar-refractivity contribution in [3.05, 3.63) is 42.7 Å². The van der Waals surface area contributed by atoms with Gasteiger partial charge in [-0.15, -0.1) is 12.4 Å². The van der Waals surface area contributed by atoms with Crippen LogP contribution in [-0.2, 0) is 4.79 Å². The van der Waals surface area contributed by atoms with Gasteiger partial charge in [-0.3, -0.25) is 4.79 Å². The van der Waals surface area contributed by atoms with Crippen molar-refractivity contribution in [1.29, 1.82) is 0 Å². The minimum atomic E-state index is 0. The minimum Gasteiger partial charge on any atom is -0.326 e. The molecule has 2 aromatic rings. The van der Waals surface area contributed by atoms with Gasteiger partial charge in [-0.25, -0.2) is 4.68 Å². The molecule has 1 aliphatic rings. The van der Waals surface area contributed by atoms with Crippen LogP contribution in [0.1, 0.15) is 19.3 Å². The van der Waals surface area contributed by atoms with Crippen LogP contribution in [0, 0.1) is 5.92 Å². The standard InChI is InChI=1S/C16H20N4O.ClH/c21-16(7-2-13-8-10-17-12-13)19-14-3-5-15(6-4-14)20-11-1-9-18-20;/h1,3-6,9,11,13,17H,2,7-8,10,12H2,(H,19,21);1H. The van der Waals surface area contributed by atoms with E-state index in [0.717, 1.165) is 30.9 Å². The number of halogens is 1. The normalized spacial score (nSPS) is 17.0. The van der Waals surface area contributed by atoms with Crippen molar-refractivity contribution in [2.24, 2.45) is 5.92 Å². The topological polar surface area (TPSA) is 59.0 Å². The molecule has 1 aromatic heterocycles. The second-order valence-corrected chi connectivity index (χ2v) is 5.44. The Bertz CT molecular complexity index is 577. The lowest BCUT2D eigenvalue weighted by molar-refractivity contribution is -0.116. The van der Waals surface area contributed by atoms with Gasteiger partial charge in [0.2, 0.25) is 5.91 Å². The van der Waals surface area contributed by atoms with Gasteiger partial charge in [0.1, 0.15) is 0 Å². The first-order valence-electron chi connectivity index (χ1n) is 7.42. The molecule has 0 bridgehead atoms. The number of amides is 1. The highest BCUT2D eigenvalue weighted by Crippen LogP contribution is 2.16. The van der Waals surface area contributed by atoms with Gasteiger partial charge >= 0.3 is 0 Å². The maximum Gasteiger partial charge on any atom is 0.224 e. The molecule has 1 saturated heterocycles. The summed E-state index contributed by atoms with van der Waals surface area (Å²) in [5.41, 5.74) is 1.82. The second kappa shape index (κ2) is 7.96. The minimum absolute atomic E-state index is 0. The molecule has 118 valence electrons. The van der Waals surface area contributed by atoms with Crippen LogP contribution >= 0.6 is 12.4 Å². The van der Waals surface area contributed by atoms with Crippen molar-refractivity contribution in [3.8, 4) is 5.69 Å². The Labute approximate surface area is 136 Å². The zero-order valence-electron chi connectivity index (χ0n) is 12.4. The summed E-state index contributed by atoms with van der Waals surface area (Å²) in [6, 6.07) is 9.60. The van der Waals surface area contributed by atoms with Gasteiger partial charge in [-0.1, -0.05) is 0 Å². The van der Waals surface area contributed by atoms with Gasteiger partial charge in [0.05, 0.1) is 5.69 Å². The molecular weight excluding hydrogens is 300 g/mol. The summed E-state index contributed by atoms with van der Waals surface area (Å²) in [6.07, 6.45) is 6.38. The summed E-state index contributed by atoms with van der Waals surface area (Å²) < 4.78 is 1.79. The molecule has 0 aliphatic carbocycles. The summed E-state index contributed by atoms with van der Waals surface area (Å²) in [6.45, 7) is 2.13. The highest BCUT2D eigenvalue weighted by Gasteiger charge is 2.15. The average molecular weight is 321 g/mol. The van der Waals surface area contributed by atoms with E-state index in [0.29, 0.717) is 12.3 Å². The quantitative estimate of drug-likeness (QED) is 0.890. The van der Waals surface area contributed by atoms with E-state index < -0.39 is 0 Å². The number of hydrogen-bond donors (Lipinski definition) is 2. The second-order valence-electron chi connectivity index (χ2n) is 5.44. The largest absolute Gasteiger partial charge is 0.326 e. The van der Waals surface area contributed by atoms with Crippen molar-refractivity contribution < 1.29 is 4.79 Å². The predicted molar refractivity (Wildman–Crippen MR) is 89.7 cm³/mol. The molecule has 0 saturated carbocycles. The Kier molecular flexibility index (Phi) is 5.98. The lowest BCUT2D eigenvalue weighted by atomic mass is 10.0. The van der Waals surface area contributed by atoms with E-state index in [-0.39, 0.29) is 18.3 Å². The van der Waals surface area contributed by atoms with Crippen LogP contribution in [0.4, 0.5) is 5.69 Å². The first kappa shape index (κ1) is 16.5. The van der Waals surface area contributed by atoms with Crippen LogP contribution < -0.4 is 10.6 Å². The van der Waals surface area contributed by atoms with Gasteiger partial charge in [0, 0.05) is 24.5 Å². The van der Waals surface area contributed by atoms with Crippen molar-refractivity contribution in [2.45, 2.75) is 19.3 Å². The fourth-order valence-corrected chi connectivity index (χ4v) is 2.64. The fourth-order valence-electron chi connectivity index (χ4n) is 2.64. The molecule has 2 heterocycles. The van der Waals surface area contributed by atoms with E-state index in [1.165, 1.54) is 6.42 Å². The van der Waals surface area contributed by atoms with E-state index in [2.05, 4.69) is 15.7 Å². The molecule has 0 spiro atoms. The fraction of sp³-hybridized carbons (Fsp3) is 0.375. The van der Waals surface area contributed by atoms with Gasteiger partial charge in [-0.05, 0) is 62.2 Å². The van der Waals surface area contributed by atoms with E-state index in [1.54, 1.807) is 10.9 Å². The highest BCUT2D eigenvalue weighted by molar-refractivity contribution is 5.90. The van der Waals surface area contributed by atoms with Gasteiger partial charge in [0.25, 0.3) is 0 Å².